The lowest BCUT2D eigenvalue weighted by Crippen LogP contribution is -2.31. The quantitative estimate of drug-likeness (QED) is 0.573. The summed E-state index contributed by atoms with van der Waals surface area (Å²) in [5, 5.41) is 27.7. The summed E-state index contributed by atoms with van der Waals surface area (Å²) in [4.78, 5) is 13.4. The molecular weight excluding hydrogens is 400 g/mol. The minimum atomic E-state index is -0.588. The predicted octanol–water partition coefficient (Wildman–Crippen LogP) is 2.63. The van der Waals surface area contributed by atoms with Crippen LogP contribution < -0.4 is 20.1 Å². The number of methoxy groups -OCH3 is 2. The molecule has 1 amide bonds. The Bertz CT molecular complexity index is 1190. The normalized spacial score (nSPS) is 15.2. The third-order valence-electron chi connectivity index (χ3n) is 5.15. The first kappa shape index (κ1) is 20.2. The van der Waals surface area contributed by atoms with E-state index in [4.69, 9.17) is 9.47 Å². The van der Waals surface area contributed by atoms with Crippen LogP contribution in [0.2, 0.25) is 0 Å². The molecule has 4 rings (SSSR count). The van der Waals surface area contributed by atoms with Crippen LogP contribution in [0.25, 0.3) is 0 Å². The van der Waals surface area contributed by atoms with Crippen LogP contribution in [0.4, 0.5) is 11.6 Å². The summed E-state index contributed by atoms with van der Waals surface area (Å²) in [6.07, 6.45) is 0. The molecule has 31 heavy (non-hydrogen) atoms. The van der Waals surface area contributed by atoms with Crippen molar-refractivity contribution in [1.29, 1.82) is 0 Å². The number of hydrogen-bond acceptors (Lipinski definition) is 8. The first-order chi connectivity index (χ1) is 14.9. The zero-order chi connectivity index (χ0) is 22.1. The van der Waals surface area contributed by atoms with Crippen molar-refractivity contribution in [2.75, 3.05) is 24.9 Å². The Morgan fingerprint density at radius 3 is 2.68 bits per heavy atom. The topological polar surface area (TPSA) is 123 Å². The van der Waals surface area contributed by atoms with Gasteiger partial charge in [0.1, 0.15) is 23.3 Å². The molecule has 0 radical (unpaired) electrons. The summed E-state index contributed by atoms with van der Waals surface area (Å²) in [6.45, 7) is 3.58. The predicted molar refractivity (Wildman–Crippen MR) is 113 cm³/mol. The molecule has 0 aliphatic carbocycles. The molecule has 3 N–H and O–H groups in total. The van der Waals surface area contributed by atoms with Gasteiger partial charge < -0.3 is 25.2 Å². The fourth-order valence-electron chi connectivity index (χ4n) is 3.55. The maximum absolute atomic E-state index is 13.4. The van der Waals surface area contributed by atoms with Gasteiger partial charge in [0.25, 0.3) is 5.91 Å². The average molecular weight is 422 g/mol. The van der Waals surface area contributed by atoms with Crippen LogP contribution in [0.3, 0.4) is 0 Å². The van der Waals surface area contributed by atoms with E-state index in [2.05, 4.69) is 26.2 Å². The maximum atomic E-state index is 13.4. The largest absolute Gasteiger partial charge is 0.508 e. The number of carbonyl (C=O) groups is 1. The molecule has 0 saturated heterocycles. The molecule has 2 heterocycles. The van der Waals surface area contributed by atoms with E-state index < -0.39 is 6.04 Å². The number of tetrazole rings is 1. The van der Waals surface area contributed by atoms with Gasteiger partial charge in [-0.1, -0.05) is 11.2 Å². The van der Waals surface area contributed by atoms with Crippen molar-refractivity contribution in [3.63, 3.8) is 0 Å². The van der Waals surface area contributed by atoms with Gasteiger partial charge in [0.05, 0.1) is 25.5 Å². The number of hydrogen-bond donors (Lipinski definition) is 3. The number of fused-ring (bicyclic) bond motifs is 1. The lowest BCUT2D eigenvalue weighted by Gasteiger charge is -2.28. The SMILES string of the molecule is COc1ccc(NC(=O)C2=C(C)Nc3nnnn3C2c2ccc(O)c(C)c2)c(OC)c1. The van der Waals surface area contributed by atoms with Gasteiger partial charge in [-0.2, -0.15) is 4.68 Å². The minimum absolute atomic E-state index is 0.171. The monoisotopic (exact) mass is 422 g/mol. The second-order valence-corrected chi connectivity index (χ2v) is 7.08. The second kappa shape index (κ2) is 7.98. The van der Waals surface area contributed by atoms with E-state index in [-0.39, 0.29) is 11.7 Å². The molecule has 0 saturated carbocycles. The summed E-state index contributed by atoms with van der Waals surface area (Å²) in [7, 11) is 3.08. The van der Waals surface area contributed by atoms with Crippen molar-refractivity contribution >= 4 is 17.5 Å². The first-order valence-corrected chi connectivity index (χ1v) is 9.51. The van der Waals surface area contributed by atoms with Crippen molar-refractivity contribution in [2.24, 2.45) is 0 Å². The van der Waals surface area contributed by atoms with Crippen molar-refractivity contribution in [1.82, 2.24) is 20.2 Å². The lowest BCUT2D eigenvalue weighted by molar-refractivity contribution is -0.113. The summed E-state index contributed by atoms with van der Waals surface area (Å²) < 4.78 is 12.2. The number of aromatic nitrogens is 4. The van der Waals surface area contributed by atoms with E-state index in [1.165, 1.54) is 7.11 Å². The number of ether oxygens (including phenoxy) is 2. The highest BCUT2D eigenvalue weighted by atomic mass is 16.5. The molecule has 3 aromatic rings. The van der Waals surface area contributed by atoms with E-state index in [9.17, 15) is 9.90 Å². The fraction of sp³-hybridized carbons (Fsp3) is 0.238. The van der Waals surface area contributed by atoms with Crippen LogP contribution in [0.5, 0.6) is 17.2 Å². The smallest absolute Gasteiger partial charge is 0.255 e. The fourth-order valence-corrected chi connectivity index (χ4v) is 3.55. The van der Waals surface area contributed by atoms with Gasteiger partial charge in [0, 0.05) is 11.8 Å². The Hall–Kier alpha value is -4.08. The van der Waals surface area contributed by atoms with E-state index in [1.807, 2.05) is 6.07 Å². The van der Waals surface area contributed by atoms with Crippen LogP contribution in [0.1, 0.15) is 24.1 Å². The number of benzene rings is 2. The highest BCUT2D eigenvalue weighted by Crippen LogP contribution is 2.37. The highest BCUT2D eigenvalue weighted by Gasteiger charge is 2.34. The molecule has 0 fully saturated rings. The minimum Gasteiger partial charge on any atom is -0.508 e. The number of carbonyl (C=O) groups excluding carboxylic acids is 1. The van der Waals surface area contributed by atoms with E-state index in [0.717, 1.165) is 5.56 Å². The van der Waals surface area contributed by atoms with Crippen LogP contribution in [0.15, 0.2) is 47.7 Å². The standard InChI is InChI=1S/C21H22N6O4/c1-11-9-13(5-8-16(11)28)19-18(12(2)22-21-24-25-26-27(19)21)20(29)23-15-7-6-14(30-3)10-17(15)31-4/h5-10,19,28H,1-4H3,(H,23,29)(H,22,24,26). The molecule has 2 aromatic carbocycles. The summed E-state index contributed by atoms with van der Waals surface area (Å²) in [5.74, 6) is 1.33. The van der Waals surface area contributed by atoms with Gasteiger partial charge in [0.2, 0.25) is 5.95 Å². The zero-order valence-corrected chi connectivity index (χ0v) is 17.5. The van der Waals surface area contributed by atoms with Crippen LogP contribution in [0, 0.1) is 6.92 Å². The van der Waals surface area contributed by atoms with Crippen molar-refractivity contribution in [3.05, 3.63) is 58.8 Å². The van der Waals surface area contributed by atoms with Gasteiger partial charge in [-0.3, -0.25) is 4.79 Å². The van der Waals surface area contributed by atoms with Crippen LogP contribution in [-0.2, 0) is 4.79 Å². The Kier molecular flexibility index (Phi) is 5.20. The molecule has 10 heteroatoms. The van der Waals surface area contributed by atoms with Crippen molar-refractivity contribution < 1.29 is 19.4 Å². The van der Waals surface area contributed by atoms with Gasteiger partial charge in [-0.15, -0.1) is 0 Å². The summed E-state index contributed by atoms with van der Waals surface area (Å²) in [5.41, 5.74) is 2.99. The number of nitrogens with zero attached hydrogens (tertiary/aromatic N) is 4. The number of rotatable bonds is 5. The highest BCUT2D eigenvalue weighted by molar-refractivity contribution is 6.06. The number of allylic oxidation sites excluding steroid dienone is 1. The number of aromatic hydroxyl groups is 1. The number of phenolic OH excluding ortho intramolecular Hbond substituents is 1. The third-order valence-corrected chi connectivity index (χ3v) is 5.15. The molecule has 1 aromatic heterocycles. The van der Waals surface area contributed by atoms with E-state index in [0.29, 0.717) is 40.0 Å². The molecule has 1 atom stereocenters. The van der Waals surface area contributed by atoms with E-state index >= 15 is 0 Å². The second-order valence-electron chi connectivity index (χ2n) is 7.08. The Balaban J connectivity index is 1.76. The molecule has 1 unspecified atom stereocenters. The molecule has 1 aliphatic rings. The van der Waals surface area contributed by atoms with Gasteiger partial charge in [0.15, 0.2) is 0 Å². The number of anilines is 2. The van der Waals surface area contributed by atoms with Crippen molar-refractivity contribution in [3.8, 4) is 17.2 Å². The van der Waals surface area contributed by atoms with E-state index in [1.54, 1.807) is 56.0 Å². The van der Waals surface area contributed by atoms with Gasteiger partial charge >= 0.3 is 0 Å². The maximum Gasteiger partial charge on any atom is 0.255 e. The van der Waals surface area contributed by atoms with Crippen molar-refractivity contribution in [2.45, 2.75) is 19.9 Å². The third kappa shape index (κ3) is 3.63. The zero-order valence-electron chi connectivity index (χ0n) is 17.5. The van der Waals surface area contributed by atoms with Gasteiger partial charge in [-0.25, -0.2) is 0 Å². The molecular formula is C21H22N6O4. The molecule has 0 spiro atoms. The summed E-state index contributed by atoms with van der Waals surface area (Å²) >= 11 is 0. The molecule has 160 valence electrons. The lowest BCUT2D eigenvalue weighted by atomic mass is 9.93. The molecule has 10 nitrogen and oxygen atoms in total. The van der Waals surface area contributed by atoms with Crippen LogP contribution >= 0.6 is 0 Å². The average Bonchev–Trinajstić information content (AvgIpc) is 3.22. The Morgan fingerprint density at radius 2 is 1.97 bits per heavy atom. The Morgan fingerprint density at radius 1 is 1.16 bits per heavy atom. The molecule has 0 bridgehead atoms. The number of aryl methyl sites for hydroxylation is 1. The number of amides is 1. The molecule has 1 aliphatic heterocycles. The number of phenols is 1. The summed E-state index contributed by atoms with van der Waals surface area (Å²) in [6, 6.07) is 9.70. The number of nitrogens with one attached hydrogen (secondary N) is 2. The van der Waals surface area contributed by atoms with Gasteiger partial charge in [-0.05, 0) is 59.7 Å². The Labute approximate surface area is 178 Å². The van der Waals surface area contributed by atoms with Crippen LogP contribution in [-0.4, -0.2) is 45.4 Å². The first-order valence-electron chi connectivity index (χ1n) is 9.51.